The minimum Gasteiger partial charge on any atom is -0.497 e. The molecule has 0 spiro atoms. The van der Waals surface area contributed by atoms with Gasteiger partial charge in [-0.2, -0.15) is 5.10 Å². The fraction of sp³-hybridized carbons (Fsp3) is 0.238. The Balaban J connectivity index is 1.99. The van der Waals surface area contributed by atoms with Gasteiger partial charge in [0.1, 0.15) is 17.3 Å². The quantitative estimate of drug-likeness (QED) is 0.683. The van der Waals surface area contributed by atoms with E-state index < -0.39 is 0 Å². The van der Waals surface area contributed by atoms with Gasteiger partial charge in [0.2, 0.25) is 0 Å². The Morgan fingerprint density at radius 3 is 2.61 bits per heavy atom. The van der Waals surface area contributed by atoms with Crippen molar-refractivity contribution in [3.8, 4) is 22.7 Å². The van der Waals surface area contributed by atoms with Gasteiger partial charge in [0.25, 0.3) is 5.91 Å². The summed E-state index contributed by atoms with van der Waals surface area (Å²) < 4.78 is 20.1. The highest BCUT2D eigenvalue weighted by Gasteiger charge is 2.18. The van der Waals surface area contributed by atoms with E-state index in [0.29, 0.717) is 29.4 Å². The summed E-state index contributed by atoms with van der Waals surface area (Å²) in [6.45, 7) is 1.23. The first kappa shape index (κ1) is 19.6. The lowest BCUT2D eigenvalue weighted by molar-refractivity contribution is 0.0943. The number of ether oxygens (including phenoxy) is 1. The number of methoxy groups -OCH3 is 1. The molecule has 0 radical (unpaired) electrons. The molecule has 1 aromatic heterocycles. The number of halogens is 1. The van der Waals surface area contributed by atoms with Gasteiger partial charge < -0.3 is 15.0 Å². The van der Waals surface area contributed by atoms with Crippen molar-refractivity contribution in [1.29, 1.82) is 0 Å². The first-order valence-corrected chi connectivity index (χ1v) is 8.91. The topological polar surface area (TPSA) is 59.4 Å². The second kappa shape index (κ2) is 8.67. The molecule has 7 heteroatoms. The van der Waals surface area contributed by atoms with E-state index in [-0.39, 0.29) is 11.7 Å². The summed E-state index contributed by atoms with van der Waals surface area (Å²) in [6.07, 6.45) is 0. The van der Waals surface area contributed by atoms with Gasteiger partial charge in [0, 0.05) is 18.7 Å². The van der Waals surface area contributed by atoms with E-state index in [9.17, 15) is 9.18 Å². The smallest absolute Gasteiger partial charge is 0.270 e. The number of nitrogens with one attached hydrogen (secondary N) is 1. The number of carbonyl (C=O) groups is 1. The molecule has 0 fully saturated rings. The summed E-state index contributed by atoms with van der Waals surface area (Å²) in [5.41, 5.74) is 2.43. The fourth-order valence-electron chi connectivity index (χ4n) is 2.73. The largest absolute Gasteiger partial charge is 0.497 e. The number of carbonyl (C=O) groups excluding carboxylic acids is 1. The van der Waals surface area contributed by atoms with Crippen LogP contribution in [0.1, 0.15) is 10.5 Å². The zero-order chi connectivity index (χ0) is 20.1. The van der Waals surface area contributed by atoms with E-state index in [4.69, 9.17) is 4.74 Å². The molecule has 2 aromatic carbocycles. The van der Waals surface area contributed by atoms with Crippen molar-refractivity contribution >= 4 is 5.91 Å². The number of hydrogen-bond acceptors (Lipinski definition) is 4. The van der Waals surface area contributed by atoms with E-state index >= 15 is 0 Å². The Bertz CT molecular complexity index is 951. The van der Waals surface area contributed by atoms with Crippen LogP contribution in [0.5, 0.6) is 5.75 Å². The molecule has 3 rings (SSSR count). The Hall–Kier alpha value is -3.19. The molecular weight excluding hydrogens is 359 g/mol. The van der Waals surface area contributed by atoms with Gasteiger partial charge in [-0.3, -0.25) is 4.79 Å². The summed E-state index contributed by atoms with van der Waals surface area (Å²) in [7, 11) is 5.48. The molecule has 0 bridgehead atoms. The number of amides is 1. The lowest BCUT2D eigenvalue weighted by Gasteiger charge is -2.11. The fourth-order valence-corrected chi connectivity index (χ4v) is 2.73. The van der Waals surface area contributed by atoms with Crippen LogP contribution in [0.3, 0.4) is 0 Å². The van der Waals surface area contributed by atoms with Crippen LogP contribution < -0.4 is 10.1 Å². The minimum absolute atomic E-state index is 0.243. The molecule has 0 atom stereocenters. The number of nitrogens with zero attached hydrogens (tertiary/aromatic N) is 3. The zero-order valence-corrected chi connectivity index (χ0v) is 16.1. The highest BCUT2D eigenvalue weighted by molar-refractivity contribution is 5.94. The maximum Gasteiger partial charge on any atom is 0.270 e. The Kier molecular flexibility index (Phi) is 6.06. The van der Waals surface area contributed by atoms with Crippen LogP contribution in [0, 0.1) is 5.82 Å². The number of hydrogen-bond donors (Lipinski definition) is 1. The lowest BCUT2D eigenvalue weighted by atomic mass is 10.1. The van der Waals surface area contributed by atoms with Crippen LogP contribution in [0.15, 0.2) is 54.6 Å². The first-order valence-electron chi connectivity index (χ1n) is 8.91. The van der Waals surface area contributed by atoms with Crippen LogP contribution in [-0.2, 0) is 0 Å². The summed E-state index contributed by atoms with van der Waals surface area (Å²) in [5.74, 6) is 0.111. The maximum absolute atomic E-state index is 13.3. The first-order chi connectivity index (χ1) is 13.5. The van der Waals surface area contributed by atoms with Crippen LogP contribution >= 0.6 is 0 Å². The Morgan fingerprint density at radius 2 is 1.93 bits per heavy atom. The number of likely N-dealkylation sites (N-methyl/N-ethyl adjacent to an activating group) is 1. The van der Waals surface area contributed by atoms with Crippen molar-refractivity contribution in [3.63, 3.8) is 0 Å². The van der Waals surface area contributed by atoms with Crippen molar-refractivity contribution in [1.82, 2.24) is 20.0 Å². The molecule has 1 heterocycles. The molecule has 146 valence electrons. The molecule has 0 aliphatic carbocycles. The van der Waals surface area contributed by atoms with E-state index in [1.807, 2.05) is 43.3 Å². The summed E-state index contributed by atoms with van der Waals surface area (Å²) in [4.78, 5) is 14.8. The number of aromatic nitrogens is 2. The van der Waals surface area contributed by atoms with Gasteiger partial charge in [-0.15, -0.1) is 0 Å². The lowest BCUT2D eigenvalue weighted by Crippen LogP contribution is -2.32. The van der Waals surface area contributed by atoms with Gasteiger partial charge in [-0.1, -0.05) is 12.1 Å². The highest BCUT2D eigenvalue weighted by Crippen LogP contribution is 2.25. The average Bonchev–Trinajstić information content (AvgIpc) is 3.14. The minimum atomic E-state index is -0.346. The van der Waals surface area contributed by atoms with Crippen LogP contribution in [-0.4, -0.2) is 54.9 Å². The van der Waals surface area contributed by atoms with Crippen LogP contribution in [0.2, 0.25) is 0 Å². The molecule has 0 unspecified atom stereocenters. The highest BCUT2D eigenvalue weighted by atomic mass is 19.1. The van der Waals surface area contributed by atoms with Crippen molar-refractivity contribution < 1.29 is 13.9 Å². The molecule has 28 heavy (non-hydrogen) atoms. The maximum atomic E-state index is 13.3. The van der Waals surface area contributed by atoms with E-state index in [0.717, 1.165) is 12.1 Å². The molecule has 3 aromatic rings. The SMILES string of the molecule is COc1cccc(-c2cc(C(=O)NCCN(C)C)n(-c3ccc(F)cc3)n2)c1. The van der Waals surface area contributed by atoms with Crippen molar-refractivity contribution in [2.45, 2.75) is 0 Å². The molecule has 1 N–H and O–H groups in total. The van der Waals surface area contributed by atoms with Crippen LogP contribution in [0.4, 0.5) is 4.39 Å². The molecular formula is C21H23FN4O2. The molecule has 0 aliphatic heterocycles. The predicted molar refractivity (Wildman–Crippen MR) is 106 cm³/mol. The summed E-state index contributed by atoms with van der Waals surface area (Å²) >= 11 is 0. The van der Waals surface area contributed by atoms with Gasteiger partial charge in [-0.05, 0) is 56.6 Å². The zero-order valence-electron chi connectivity index (χ0n) is 16.1. The van der Waals surface area contributed by atoms with Crippen molar-refractivity contribution in [3.05, 3.63) is 66.1 Å². The summed E-state index contributed by atoms with van der Waals surface area (Å²) in [6, 6.07) is 15.0. The third-order valence-corrected chi connectivity index (χ3v) is 4.22. The molecule has 0 saturated heterocycles. The Morgan fingerprint density at radius 1 is 1.18 bits per heavy atom. The van der Waals surface area contributed by atoms with Gasteiger partial charge in [0.15, 0.2) is 0 Å². The normalized spacial score (nSPS) is 10.9. The third-order valence-electron chi connectivity index (χ3n) is 4.22. The molecule has 1 amide bonds. The van der Waals surface area contributed by atoms with E-state index in [1.54, 1.807) is 25.3 Å². The van der Waals surface area contributed by atoms with Gasteiger partial charge >= 0.3 is 0 Å². The second-order valence-corrected chi connectivity index (χ2v) is 6.59. The van der Waals surface area contributed by atoms with Gasteiger partial charge in [-0.25, -0.2) is 9.07 Å². The number of rotatable bonds is 7. The average molecular weight is 382 g/mol. The standard InChI is InChI=1S/C21H23FN4O2/c1-25(2)12-11-23-21(27)20-14-19(15-5-4-6-18(13-15)28-3)24-26(20)17-9-7-16(22)8-10-17/h4-10,13-14H,11-12H2,1-3H3,(H,23,27). The van der Waals surface area contributed by atoms with Crippen molar-refractivity contribution in [2.24, 2.45) is 0 Å². The second-order valence-electron chi connectivity index (χ2n) is 6.59. The van der Waals surface area contributed by atoms with Crippen molar-refractivity contribution in [2.75, 3.05) is 34.3 Å². The third kappa shape index (κ3) is 4.55. The molecule has 0 saturated carbocycles. The molecule has 0 aliphatic rings. The van der Waals surface area contributed by atoms with Crippen LogP contribution in [0.25, 0.3) is 16.9 Å². The van der Waals surface area contributed by atoms with Gasteiger partial charge in [0.05, 0.1) is 18.5 Å². The predicted octanol–water partition coefficient (Wildman–Crippen LogP) is 2.98. The van der Waals surface area contributed by atoms with E-state index in [1.165, 1.54) is 16.8 Å². The molecule has 6 nitrogen and oxygen atoms in total. The van der Waals surface area contributed by atoms with E-state index in [2.05, 4.69) is 10.4 Å². The number of benzene rings is 2. The Labute approximate surface area is 163 Å². The summed E-state index contributed by atoms with van der Waals surface area (Å²) in [5, 5.41) is 7.49. The monoisotopic (exact) mass is 382 g/mol.